The molecule has 0 saturated carbocycles. The van der Waals surface area contributed by atoms with Gasteiger partial charge in [0.15, 0.2) is 0 Å². The fourth-order valence-electron chi connectivity index (χ4n) is 5.69. The molecule has 0 saturated heterocycles. The Kier molecular flexibility index (Phi) is 11.6. The summed E-state index contributed by atoms with van der Waals surface area (Å²) in [5, 5.41) is 43.5. The second kappa shape index (κ2) is 15.3. The first kappa shape index (κ1) is 37.9. The van der Waals surface area contributed by atoms with Crippen molar-refractivity contribution in [1.82, 2.24) is 10.6 Å². The van der Waals surface area contributed by atoms with Crippen LogP contribution in [-0.4, -0.2) is 70.9 Å². The molecule has 4 aromatic rings. The van der Waals surface area contributed by atoms with E-state index in [0.717, 1.165) is 33.4 Å². The Bertz CT molecular complexity index is 1780. The van der Waals surface area contributed by atoms with Gasteiger partial charge in [-0.1, -0.05) is 36.4 Å². The third-order valence-corrected chi connectivity index (χ3v) is 9.22. The number of carboxylic acids is 2. The van der Waals surface area contributed by atoms with E-state index < -0.39 is 47.9 Å². The van der Waals surface area contributed by atoms with Crippen LogP contribution in [0.5, 0.6) is 11.5 Å². The van der Waals surface area contributed by atoms with Crippen LogP contribution in [0, 0.1) is 25.5 Å². The van der Waals surface area contributed by atoms with Crippen LogP contribution >= 0.6 is 0 Å². The minimum absolute atomic E-state index is 0.114. The predicted molar refractivity (Wildman–Crippen MR) is 185 cm³/mol. The molecule has 0 aliphatic rings. The molecular weight excluding hydrogens is 650 g/mol. The van der Waals surface area contributed by atoms with Gasteiger partial charge in [0.25, 0.3) is 0 Å². The minimum atomic E-state index is -1.67. The van der Waals surface area contributed by atoms with Crippen molar-refractivity contribution in [2.45, 2.75) is 51.9 Å². The van der Waals surface area contributed by atoms with Gasteiger partial charge in [0.1, 0.15) is 34.2 Å². The molecule has 0 fully saturated rings. The fourth-order valence-corrected chi connectivity index (χ4v) is 5.69. The highest BCUT2D eigenvalue weighted by Crippen LogP contribution is 2.40. The van der Waals surface area contributed by atoms with Crippen molar-refractivity contribution in [2.24, 2.45) is 0 Å². The molecule has 266 valence electrons. The van der Waals surface area contributed by atoms with Crippen molar-refractivity contribution >= 4 is 11.9 Å². The van der Waals surface area contributed by atoms with Gasteiger partial charge in [0, 0.05) is 24.2 Å². The van der Waals surface area contributed by atoms with E-state index in [9.17, 15) is 30.0 Å². The predicted octanol–water partition coefficient (Wildman–Crippen LogP) is 5.45. The van der Waals surface area contributed by atoms with E-state index in [1.807, 2.05) is 50.2 Å². The van der Waals surface area contributed by atoms with E-state index in [4.69, 9.17) is 9.47 Å². The van der Waals surface area contributed by atoms with Gasteiger partial charge in [-0.3, -0.25) is 20.2 Å². The van der Waals surface area contributed by atoms with Crippen molar-refractivity contribution in [3.8, 4) is 44.9 Å². The molecule has 10 nitrogen and oxygen atoms in total. The molecule has 0 radical (unpaired) electrons. The molecule has 0 amide bonds. The quantitative estimate of drug-likeness (QED) is 0.0947. The Morgan fingerprint density at radius 1 is 0.660 bits per heavy atom. The van der Waals surface area contributed by atoms with E-state index in [0.29, 0.717) is 11.1 Å². The van der Waals surface area contributed by atoms with Gasteiger partial charge < -0.3 is 29.9 Å². The smallest absolute Gasteiger partial charge is 0.326 e. The summed E-state index contributed by atoms with van der Waals surface area (Å²) in [5.41, 5.74) is 2.82. The fraction of sp³-hybridized carbons (Fsp3) is 0.316. The molecule has 0 heterocycles. The van der Waals surface area contributed by atoms with E-state index in [2.05, 4.69) is 10.6 Å². The number of rotatable bonds is 15. The monoisotopic (exact) mass is 692 g/mol. The SMILES string of the molecule is COc1cc(-c2cccc(-c3cccc(-c4cc(F)c(CN[C@@](C)(CO)C(=O)O)c(OC)c4)c3C)c2C)cc(F)c1CN[C@@](C)(CO)C(=O)O. The molecule has 12 heteroatoms. The van der Waals surface area contributed by atoms with Gasteiger partial charge in [-0.25, -0.2) is 8.78 Å². The molecule has 0 unspecified atom stereocenters. The summed E-state index contributed by atoms with van der Waals surface area (Å²) >= 11 is 0. The lowest BCUT2D eigenvalue weighted by atomic mass is 9.87. The molecule has 50 heavy (non-hydrogen) atoms. The number of hydrogen-bond donors (Lipinski definition) is 6. The molecule has 4 aromatic carbocycles. The summed E-state index contributed by atoms with van der Waals surface area (Å²) in [5.74, 6) is -3.36. The van der Waals surface area contributed by atoms with Gasteiger partial charge in [0.05, 0.1) is 27.4 Å². The Morgan fingerprint density at radius 2 is 1.00 bits per heavy atom. The Balaban J connectivity index is 1.72. The van der Waals surface area contributed by atoms with Gasteiger partial charge in [-0.15, -0.1) is 0 Å². The molecule has 4 rings (SSSR count). The zero-order valence-corrected chi connectivity index (χ0v) is 28.8. The second-order valence-electron chi connectivity index (χ2n) is 12.5. The molecule has 0 aliphatic carbocycles. The van der Waals surface area contributed by atoms with E-state index in [-0.39, 0.29) is 35.7 Å². The molecule has 0 aliphatic heterocycles. The van der Waals surface area contributed by atoms with E-state index in [1.165, 1.54) is 40.2 Å². The first-order valence-corrected chi connectivity index (χ1v) is 15.8. The Hall–Kier alpha value is -4.88. The number of aliphatic hydroxyl groups excluding tert-OH is 2. The average Bonchev–Trinajstić information content (AvgIpc) is 3.09. The van der Waals surface area contributed by atoms with Crippen LogP contribution in [0.2, 0.25) is 0 Å². The molecule has 0 spiro atoms. The van der Waals surface area contributed by atoms with Crippen molar-refractivity contribution in [1.29, 1.82) is 0 Å². The number of halogens is 2. The summed E-state index contributed by atoms with van der Waals surface area (Å²) in [7, 11) is 2.79. The zero-order valence-electron chi connectivity index (χ0n) is 28.8. The summed E-state index contributed by atoms with van der Waals surface area (Å²) in [6, 6.07) is 17.4. The van der Waals surface area contributed by atoms with Gasteiger partial charge in [-0.05, 0) is 96.5 Å². The average molecular weight is 693 g/mol. The number of nitrogens with one attached hydrogen (secondary N) is 2. The topological polar surface area (TPSA) is 158 Å². The molecular formula is C38H42F2N2O8. The zero-order chi connectivity index (χ0) is 37.0. The summed E-state index contributed by atoms with van der Waals surface area (Å²) in [6.07, 6.45) is 0. The molecule has 2 atom stereocenters. The number of carbonyl (C=O) groups is 2. The number of carboxylic acid groups (broad SMARTS) is 2. The molecule has 0 bridgehead atoms. The first-order valence-electron chi connectivity index (χ1n) is 15.8. The van der Waals surface area contributed by atoms with E-state index in [1.54, 1.807) is 12.1 Å². The van der Waals surface area contributed by atoms with Gasteiger partial charge in [0.2, 0.25) is 0 Å². The highest BCUT2D eigenvalue weighted by Gasteiger charge is 2.33. The number of aliphatic hydroxyl groups is 2. The van der Waals surface area contributed by atoms with Gasteiger partial charge >= 0.3 is 11.9 Å². The second-order valence-corrected chi connectivity index (χ2v) is 12.5. The standard InChI is InChI=1S/C38H42F2N2O8/c1-21-25(23-13-31(39)29(33(15-23)49-5)17-41-37(3,19-43)35(45)46)9-7-11-27(21)28-12-8-10-26(22(28)2)24-14-32(40)30(34(16-24)50-6)18-42-38(4,20-44)36(47)48/h7-16,41-44H,17-20H2,1-6H3,(H,45,46)(H,47,48)/t37-,38-/m0/s1. The van der Waals surface area contributed by atoms with Crippen molar-refractivity contribution in [2.75, 3.05) is 27.4 Å². The number of hydrogen-bond acceptors (Lipinski definition) is 8. The van der Waals surface area contributed by atoms with Crippen LogP contribution in [0.1, 0.15) is 36.1 Å². The third kappa shape index (κ3) is 7.48. The largest absolute Gasteiger partial charge is 0.496 e. The summed E-state index contributed by atoms with van der Waals surface area (Å²) < 4.78 is 42.2. The normalized spacial score (nSPS) is 13.7. The van der Waals surface area contributed by atoms with Crippen LogP contribution in [0.25, 0.3) is 33.4 Å². The Labute approximate surface area is 289 Å². The van der Waals surface area contributed by atoms with Crippen molar-refractivity contribution < 1.29 is 48.3 Å². The van der Waals surface area contributed by atoms with Crippen LogP contribution < -0.4 is 20.1 Å². The highest BCUT2D eigenvalue weighted by molar-refractivity contribution is 5.84. The summed E-state index contributed by atoms with van der Waals surface area (Å²) in [4.78, 5) is 23.2. The third-order valence-electron chi connectivity index (χ3n) is 9.22. The number of benzene rings is 4. The Morgan fingerprint density at radius 3 is 1.30 bits per heavy atom. The van der Waals surface area contributed by atoms with Crippen LogP contribution in [0.15, 0.2) is 60.7 Å². The van der Waals surface area contributed by atoms with E-state index >= 15 is 8.78 Å². The maximum atomic E-state index is 15.6. The number of methoxy groups -OCH3 is 2. The van der Waals surface area contributed by atoms with Crippen molar-refractivity contribution in [3.63, 3.8) is 0 Å². The van der Waals surface area contributed by atoms with Gasteiger partial charge in [-0.2, -0.15) is 0 Å². The maximum Gasteiger partial charge on any atom is 0.326 e. The lowest BCUT2D eigenvalue weighted by Gasteiger charge is -2.25. The van der Waals surface area contributed by atoms with Crippen LogP contribution in [0.3, 0.4) is 0 Å². The lowest BCUT2D eigenvalue weighted by molar-refractivity contribution is -0.146. The minimum Gasteiger partial charge on any atom is -0.496 e. The van der Waals surface area contributed by atoms with Crippen LogP contribution in [-0.2, 0) is 22.7 Å². The van der Waals surface area contributed by atoms with Crippen molar-refractivity contribution in [3.05, 3.63) is 94.6 Å². The summed E-state index contributed by atoms with van der Waals surface area (Å²) in [6.45, 7) is 4.66. The first-order chi connectivity index (χ1) is 23.6. The lowest BCUT2D eigenvalue weighted by Crippen LogP contribution is -2.52. The number of aliphatic carboxylic acids is 2. The number of ether oxygens (including phenoxy) is 2. The maximum absolute atomic E-state index is 15.6. The molecule has 6 N–H and O–H groups in total. The van der Waals surface area contributed by atoms with Crippen LogP contribution in [0.4, 0.5) is 8.78 Å². The highest BCUT2D eigenvalue weighted by atomic mass is 19.1. The molecule has 0 aromatic heterocycles.